The summed E-state index contributed by atoms with van der Waals surface area (Å²) < 4.78 is 34.0. The molecule has 0 aromatic heterocycles. The van der Waals surface area contributed by atoms with Crippen LogP contribution in [0.1, 0.15) is 155 Å². The largest absolute Gasteiger partial charge is 0.394 e. The van der Waals surface area contributed by atoms with Crippen LogP contribution in [-0.4, -0.2) is 193 Å². The van der Waals surface area contributed by atoms with Crippen LogP contribution in [0, 0.1) is 0 Å². The molecule has 0 radical (unpaired) electrons. The van der Waals surface area contributed by atoms with E-state index in [0.29, 0.717) is 6.42 Å². The Hall–Kier alpha value is -2.51. The van der Waals surface area contributed by atoms with Gasteiger partial charge in [0.05, 0.1) is 38.6 Å². The number of ether oxygens (including phenoxy) is 6. The van der Waals surface area contributed by atoms with Gasteiger partial charge in [-0.3, -0.25) is 4.79 Å². The van der Waals surface area contributed by atoms with Crippen molar-refractivity contribution < 1.29 is 89.4 Å². The fraction of sp³-hybridized carbons (Fsp3) is 0.804. The van der Waals surface area contributed by atoms with Crippen molar-refractivity contribution >= 4 is 5.91 Å². The van der Waals surface area contributed by atoms with Crippen molar-refractivity contribution in [2.75, 3.05) is 26.4 Å². The summed E-state index contributed by atoms with van der Waals surface area (Å²) in [5, 5.41) is 119. The van der Waals surface area contributed by atoms with Crippen LogP contribution in [0.5, 0.6) is 0 Å². The molecule has 3 fully saturated rings. The van der Waals surface area contributed by atoms with Crippen molar-refractivity contribution in [2.24, 2.45) is 0 Å². The predicted molar refractivity (Wildman–Crippen MR) is 282 cm³/mol. The molecule has 0 bridgehead atoms. The maximum atomic E-state index is 13.2. The van der Waals surface area contributed by atoms with E-state index < -0.39 is 124 Å². The monoisotopic (exact) mass is 1070 g/mol. The molecule has 3 aliphatic heterocycles. The first-order valence-corrected chi connectivity index (χ1v) is 28.0. The molecule has 0 aromatic carbocycles. The van der Waals surface area contributed by atoms with E-state index in [2.05, 4.69) is 67.8 Å². The zero-order valence-corrected chi connectivity index (χ0v) is 44.8. The van der Waals surface area contributed by atoms with E-state index in [1.165, 1.54) is 51.4 Å². The van der Waals surface area contributed by atoms with E-state index in [1.807, 2.05) is 6.08 Å². The van der Waals surface area contributed by atoms with Crippen molar-refractivity contribution in [3.63, 3.8) is 0 Å². The molecule has 3 rings (SSSR count). The van der Waals surface area contributed by atoms with Gasteiger partial charge in [0.25, 0.3) is 0 Å². The van der Waals surface area contributed by atoms with E-state index in [9.17, 15) is 61.0 Å². The van der Waals surface area contributed by atoms with Crippen LogP contribution in [-0.2, 0) is 33.2 Å². The number of aliphatic hydroxyl groups excluding tert-OH is 11. The molecular weight excluding hydrogens is 975 g/mol. The Morgan fingerprint density at radius 3 is 1.44 bits per heavy atom. The van der Waals surface area contributed by atoms with Gasteiger partial charge in [0, 0.05) is 6.42 Å². The summed E-state index contributed by atoms with van der Waals surface area (Å²) in [6, 6.07) is -0.972. The minimum absolute atomic E-state index is 0.236. The molecule has 3 aliphatic rings. The van der Waals surface area contributed by atoms with Gasteiger partial charge in [-0.1, -0.05) is 152 Å². The molecule has 3 heterocycles. The van der Waals surface area contributed by atoms with Gasteiger partial charge in [-0.25, -0.2) is 0 Å². The van der Waals surface area contributed by atoms with Gasteiger partial charge >= 0.3 is 0 Å². The van der Waals surface area contributed by atoms with Crippen molar-refractivity contribution in [2.45, 2.75) is 259 Å². The molecule has 3 saturated heterocycles. The van der Waals surface area contributed by atoms with Gasteiger partial charge in [0.15, 0.2) is 18.9 Å². The molecule has 1 amide bonds. The number of nitrogens with one attached hydrogen (secondary N) is 1. The third-order valence-electron chi connectivity index (χ3n) is 13.8. The van der Waals surface area contributed by atoms with Crippen molar-refractivity contribution in [3.05, 3.63) is 60.8 Å². The summed E-state index contributed by atoms with van der Waals surface area (Å²) in [5.41, 5.74) is 0. The Morgan fingerprint density at radius 1 is 0.493 bits per heavy atom. The molecule has 0 aliphatic carbocycles. The van der Waals surface area contributed by atoms with Gasteiger partial charge in [-0.15, -0.1) is 0 Å². The van der Waals surface area contributed by atoms with Gasteiger partial charge in [-0.05, 0) is 57.8 Å². The van der Waals surface area contributed by atoms with Crippen LogP contribution in [0.4, 0.5) is 0 Å². The SMILES string of the molecule is CC/C=C\C/C=C\C/C=C\C/C=C\CCCCCCCCCCCCCCC(=O)NC(COC1OC(CO)C(OC2OC(CO)C(OC3OC(CO)C(O)C(O)C3O)C(O)C2O)C(O)C1O)C(O)/C=C/CCCCC. The summed E-state index contributed by atoms with van der Waals surface area (Å²) in [6.07, 6.45) is 17.2. The third-order valence-corrected chi connectivity index (χ3v) is 13.8. The molecule has 0 spiro atoms. The molecule has 12 N–H and O–H groups in total. The first-order valence-electron chi connectivity index (χ1n) is 28.0. The number of amides is 1. The van der Waals surface area contributed by atoms with E-state index >= 15 is 0 Å². The summed E-state index contributed by atoms with van der Waals surface area (Å²) in [5.74, 6) is -0.289. The third kappa shape index (κ3) is 24.6. The van der Waals surface area contributed by atoms with Gasteiger partial charge in [0.2, 0.25) is 5.91 Å². The van der Waals surface area contributed by atoms with E-state index in [4.69, 9.17) is 28.4 Å². The average Bonchev–Trinajstić information content (AvgIpc) is 3.41. The molecule has 0 aromatic rings. The number of allylic oxidation sites excluding steroid dienone is 9. The lowest BCUT2D eigenvalue weighted by molar-refractivity contribution is -0.379. The quantitative estimate of drug-likeness (QED) is 0.0309. The summed E-state index contributed by atoms with van der Waals surface area (Å²) in [7, 11) is 0. The Kier molecular flexibility index (Phi) is 35.4. The van der Waals surface area contributed by atoms with Crippen LogP contribution in [0.15, 0.2) is 60.8 Å². The maximum absolute atomic E-state index is 13.2. The zero-order valence-electron chi connectivity index (χ0n) is 44.8. The zero-order chi connectivity index (χ0) is 54.8. The second-order valence-electron chi connectivity index (χ2n) is 20.0. The van der Waals surface area contributed by atoms with Crippen LogP contribution in [0.2, 0.25) is 0 Å². The number of hydrogen-bond acceptors (Lipinski definition) is 18. The normalized spacial score (nSPS) is 31.7. The highest BCUT2D eigenvalue weighted by atomic mass is 16.8. The van der Waals surface area contributed by atoms with Crippen LogP contribution in [0.3, 0.4) is 0 Å². The molecular formula is C56H97NO18. The molecule has 19 nitrogen and oxygen atoms in total. The molecule has 19 heteroatoms. The highest BCUT2D eigenvalue weighted by Gasteiger charge is 2.53. The topological polar surface area (TPSA) is 307 Å². The first kappa shape index (κ1) is 66.8. The summed E-state index contributed by atoms with van der Waals surface area (Å²) >= 11 is 0. The Bertz CT molecular complexity index is 1610. The second-order valence-corrected chi connectivity index (χ2v) is 20.0. The molecule has 434 valence electrons. The van der Waals surface area contributed by atoms with Gasteiger partial charge in [0.1, 0.15) is 73.2 Å². The minimum atomic E-state index is -1.98. The number of rotatable bonds is 39. The number of carbonyl (C=O) groups is 1. The molecule has 75 heavy (non-hydrogen) atoms. The first-order chi connectivity index (χ1) is 36.3. The lowest BCUT2D eigenvalue weighted by Gasteiger charge is -2.48. The molecule has 17 unspecified atom stereocenters. The lowest BCUT2D eigenvalue weighted by Crippen LogP contribution is -2.66. The van der Waals surface area contributed by atoms with Crippen LogP contribution in [0.25, 0.3) is 0 Å². The van der Waals surface area contributed by atoms with Crippen molar-refractivity contribution in [1.29, 1.82) is 0 Å². The number of hydrogen-bond donors (Lipinski definition) is 12. The van der Waals surface area contributed by atoms with Crippen molar-refractivity contribution in [1.82, 2.24) is 5.32 Å². The standard InChI is InChI=1S/C56H97NO18/c1-3-5-7-9-10-11-12-13-14-15-16-17-18-19-20-21-22-23-24-25-26-27-28-30-32-34-44(62)57-39(40(61)33-31-29-8-6-4-2)38-70-54-50(68)47(65)52(42(36-59)72-54)75-56-51(69)48(66)53(43(37-60)73-56)74-55-49(67)46(64)45(63)41(35-58)71-55/h5,7,10-11,13-14,16-17,31,33,39-43,45-56,58-61,63-69H,3-4,6,8-9,12,15,18-30,32,34-38H2,1-2H3,(H,57,62)/b7-5-,11-10-,14-13-,17-16-,33-31+. The van der Waals surface area contributed by atoms with Gasteiger partial charge in [-0.2, -0.15) is 0 Å². The van der Waals surface area contributed by atoms with E-state index in [1.54, 1.807) is 6.08 Å². The fourth-order valence-electron chi connectivity index (χ4n) is 9.18. The van der Waals surface area contributed by atoms with Crippen molar-refractivity contribution in [3.8, 4) is 0 Å². The Balaban J connectivity index is 1.39. The average molecular weight is 1070 g/mol. The van der Waals surface area contributed by atoms with E-state index in [-0.39, 0.29) is 18.9 Å². The molecule has 0 saturated carbocycles. The lowest BCUT2D eigenvalue weighted by atomic mass is 9.96. The Morgan fingerprint density at radius 2 is 0.920 bits per heavy atom. The Labute approximate surface area is 445 Å². The summed E-state index contributed by atoms with van der Waals surface area (Å²) in [6.45, 7) is 1.45. The predicted octanol–water partition coefficient (Wildman–Crippen LogP) is 3.70. The highest BCUT2D eigenvalue weighted by molar-refractivity contribution is 5.76. The summed E-state index contributed by atoms with van der Waals surface area (Å²) in [4.78, 5) is 13.2. The number of aliphatic hydroxyl groups is 11. The van der Waals surface area contributed by atoms with Crippen LogP contribution >= 0.6 is 0 Å². The van der Waals surface area contributed by atoms with Gasteiger partial charge < -0.3 is 89.9 Å². The fourth-order valence-corrected chi connectivity index (χ4v) is 9.18. The highest BCUT2D eigenvalue weighted by Crippen LogP contribution is 2.33. The smallest absolute Gasteiger partial charge is 0.220 e. The maximum Gasteiger partial charge on any atom is 0.220 e. The number of unbranched alkanes of at least 4 members (excludes halogenated alkanes) is 15. The molecule has 17 atom stereocenters. The van der Waals surface area contributed by atoms with E-state index in [0.717, 1.165) is 77.0 Å². The van der Waals surface area contributed by atoms with Crippen LogP contribution < -0.4 is 5.32 Å². The minimum Gasteiger partial charge on any atom is -0.394 e. The second kappa shape index (κ2) is 39.8. The number of carbonyl (C=O) groups excluding carboxylic acids is 1.